The molecule has 0 saturated carbocycles. The normalized spacial score (nSPS) is 14.7. The van der Waals surface area contributed by atoms with E-state index in [2.05, 4.69) is 10.6 Å². The van der Waals surface area contributed by atoms with Crippen LogP contribution in [0.15, 0.2) is 23.8 Å². The van der Waals surface area contributed by atoms with Gasteiger partial charge < -0.3 is 4.74 Å². The highest BCUT2D eigenvalue weighted by molar-refractivity contribution is 7.80. The SMILES string of the molecule is [B]c1ccc(OCC)c(C=C2C(=O)NC(=S)NC2=O)c1. The molecule has 2 amide bonds. The number of thiocarbonyl (C=S) groups is 1. The molecular formula is C13H11BN2O3S. The van der Waals surface area contributed by atoms with Crippen LogP contribution in [0.25, 0.3) is 6.08 Å². The van der Waals surface area contributed by atoms with Crippen LogP contribution in [0.1, 0.15) is 12.5 Å². The lowest BCUT2D eigenvalue weighted by molar-refractivity contribution is -0.123. The molecule has 1 aliphatic rings. The van der Waals surface area contributed by atoms with E-state index in [9.17, 15) is 9.59 Å². The minimum atomic E-state index is -0.552. The fraction of sp³-hybridized carbons (Fsp3) is 0.154. The molecule has 5 nitrogen and oxygen atoms in total. The molecule has 0 unspecified atom stereocenters. The lowest BCUT2D eigenvalue weighted by atomic mass is 9.93. The van der Waals surface area contributed by atoms with Gasteiger partial charge in [-0.25, -0.2) is 0 Å². The highest BCUT2D eigenvalue weighted by Crippen LogP contribution is 2.20. The maximum absolute atomic E-state index is 11.8. The summed E-state index contributed by atoms with van der Waals surface area (Å²) in [4.78, 5) is 23.5. The number of rotatable bonds is 3. The summed E-state index contributed by atoms with van der Waals surface area (Å²) >= 11 is 4.73. The molecule has 0 aliphatic carbocycles. The molecule has 0 spiro atoms. The summed E-state index contributed by atoms with van der Waals surface area (Å²) in [6, 6.07) is 5.00. The second kappa shape index (κ2) is 5.87. The van der Waals surface area contributed by atoms with E-state index in [0.717, 1.165) is 0 Å². The van der Waals surface area contributed by atoms with Crippen LogP contribution in [0.4, 0.5) is 0 Å². The van der Waals surface area contributed by atoms with Gasteiger partial charge in [-0.1, -0.05) is 17.6 Å². The van der Waals surface area contributed by atoms with Crippen molar-refractivity contribution < 1.29 is 14.3 Å². The van der Waals surface area contributed by atoms with Gasteiger partial charge in [0.15, 0.2) is 5.11 Å². The third-order valence-corrected chi connectivity index (χ3v) is 2.78. The molecule has 2 N–H and O–H groups in total. The summed E-state index contributed by atoms with van der Waals surface area (Å²) in [6.45, 7) is 2.30. The smallest absolute Gasteiger partial charge is 0.263 e. The first-order valence-corrected chi connectivity index (χ1v) is 6.32. The van der Waals surface area contributed by atoms with E-state index in [0.29, 0.717) is 23.4 Å². The zero-order valence-electron chi connectivity index (χ0n) is 10.7. The number of carbonyl (C=O) groups excluding carboxylic acids is 2. The average Bonchev–Trinajstić information content (AvgIpc) is 2.37. The van der Waals surface area contributed by atoms with Crippen molar-refractivity contribution in [3.63, 3.8) is 0 Å². The molecule has 0 bridgehead atoms. The molecule has 20 heavy (non-hydrogen) atoms. The van der Waals surface area contributed by atoms with Crippen molar-refractivity contribution in [3.8, 4) is 5.75 Å². The molecule has 1 fully saturated rings. The maximum atomic E-state index is 11.8. The minimum absolute atomic E-state index is 0.00485. The van der Waals surface area contributed by atoms with Gasteiger partial charge in [-0.15, -0.1) is 0 Å². The molecular weight excluding hydrogens is 275 g/mol. The van der Waals surface area contributed by atoms with Gasteiger partial charge in [0.1, 0.15) is 19.2 Å². The van der Waals surface area contributed by atoms with Crippen LogP contribution in [0, 0.1) is 0 Å². The first-order chi connectivity index (χ1) is 9.51. The Morgan fingerprint density at radius 1 is 1.30 bits per heavy atom. The van der Waals surface area contributed by atoms with Gasteiger partial charge >= 0.3 is 0 Å². The van der Waals surface area contributed by atoms with Crippen molar-refractivity contribution >= 4 is 48.5 Å². The first kappa shape index (κ1) is 14.3. The Balaban J connectivity index is 2.43. The van der Waals surface area contributed by atoms with E-state index in [1.54, 1.807) is 18.2 Å². The molecule has 1 aromatic carbocycles. The topological polar surface area (TPSA) is 67.4 Å². The Kier molecular flexibility index (Phi) is 4.19. The van der Waals surface area contributed by atoms with Crippen LogP contribution in [-0.4, -0.2) is 31.4 Å². The summed E-state index contributed by atoms with van der Waals surface area (Å²) < 4.78 is 5.44. The molecule has 7 heteroatoms. The van der Waals surface area contributed by atoms with Crippen LogP contribution in [0.2, 0.25) is 0 Å². The van der Waals surface area contributed by atoms with Crippen LogP contribution >= 0.6 is 12.2 Å². The van der Waals surface area contributed by atoms with E-state index in [1.165, 1.54) is 6.08 Å². The van der Waals surface area contributed by atoms with Crippen molar-refractivity contribution in [2.45, 2.75) is 6.92 Å². The van der Waals surface area contributed by atoms with Gasteiger partial charge in [-0.3, -0.25) is 20.2 Å². The number of benzene rings is 1. The zero-order chi connectivity index (χ0) is 14.7. The van der Waals surface area contributed by atoms with Gasteiger partial charge in [0.25, 0.3) is 11.8 Å². The molecule has 0 atom stereocenters. The van der Waals surface area contributed by atoms with Crippen molar-refractivity contribution in [3.05, 3.63) is 29.3 Å². The lowest BCUT2D eigenvalue weighted by Crippen LogP contribution is -2.51. The van der Waals surface area contributed by atoms with E-state index < -0.39 is 11.8 Å². The van der Waals surface area contributed by atoms with Crippen LogP contribution in [0.5, 0.6) is 5.75 Å². The van der Waals surface area contributed by atoms with Crippen LogP contribution in [-0.2, 0) is 9.59 Å². The summed E-state index contributed by atoms with van der Waals surface area (Å²) in [5.74, 6) is -0.560. The van der Waals surface area contributed by atoms with E-state index in [4.69, 9.17) is 24.8 Å². The Labute approximate surface area is 122 Å². The highest BCUT2D eigenvalue weighted by atomic mass is 32.1. The lowest BCUT2D eigenvalue weighted by Gasteiger charge is -2.17. The molecule has 2 rings (SSSR count). The Morgan fingerprint density at radius 3 is 2.55 bits per heavy atom. The molecule has 0 aromatic heterocycles. The molecule has 100 valence electrons. The van der Waals surface area contributed by atoms with Gasteiger partial charge in [0.05, 0.1) is 6.61 Å². The largest absolute Gasteiger partial charge is 0.493 e. The van der Waals surface area contributed by atoms with Gasteiger partial charge in [-0.2, -0.15) is 0 Å². The average molecular weight is 286 g/mol. The number of ether oxygens (including phenoxy) is 1. The monoisotopic (exact) mass is 286 g/mol. The van der Waals surface area contributed by atoms with E-state index in [-0.39, 0.29) is 10.7 Å². The molecule has 1 aromatic rings. The van der Waals surface area contributed by atoms with Crippen molar-refractivity contribution in [1.29, 1.82) is 0 Å². The van der Waals surface area contributed by atoms with E-state index in [1.807, 2.05) is 6.92 Å². The van der Waals surface area contributed by atoms with Crippen LogP contribution < -0.4 is 20.8 Å². The number of hydrogen-bond acceptors (Lipinski definition) is 4. The zero-order valence-corrected chi connectivity index (χ0v) is 11.5. The standard InChI is InChI=1S/C13H11BN2O3S/c1-2-19-10-4-3-8(14)5-7(10)6-9-11(17)15-13(20)16-12(9)18/h3-6H,2H2,1H3,(H2,15,16,17,18,20). The number of carbonyl (C=O) groups is 2. The second-order valence-corrected chi connectivity index (χ2v) is 4.43. The van der Waals surface area contributed by atoms with E-state index >= 15 is 0 Å². The summed E-state index contributed by atoms with van der Waals surface area (Å²) in [5, 5.41) is 4.73. The maximum Gasteiger partial charge on any atom is 0.263 e. The Morgan fingerprint density at radius 2 is 1.95 bits per heavy atom. The highest BCUT2D eigenvalue weighted by Gasteiger charge is 2.26. The molecule has 2 radical (unpaired) electrons. The predicted octanol–water partition coefficient (Wildman–Crippen LogP) is -0.207. The van der Waals surface area contributed by atoms with Crippen molar-refractivity contribution in [2.24, 2.45) is 0 Å². The minimum Gasteiger partial charge on any atom is -0.493 e. The summed E-state index contributed by atoms with van der Waals surface area (Å²) in [6.07, 6.45) is 1.42. The second-order valence-electron chi connectivity index (χ2n) is 4.03. The first-order valence-electron chi connectivity index (χ1n) is 5.92. The predicted molar refractivity (Wildman–Crippen MR) is 79.9 cm³/mol. The number of hydrogen-bond donors (Lipinski definition) is 2. The molecule has 1 heterocycles. The fourth-order valence-corrected chi connectivity index (χ4v) is 1.91. The summed E-state index contributed by atoms with van der Waals surface area (Å²) in [5.41, 5.74) is 1.01. The number of nitrogens with one attached hydrogen (secondary N) is 2. The van der Waals surface area contributed by atoms with Crippen molar-refractivity contribution in [2.75, 3.05) is 6.61 Å². The molecule has 1 aliphatic heterocycles. The van der Waals surface area contributed by atoms with Gasteiger partial charge in [0.2, 0.25) is 0 Å². The van der Waals surface area contributed by atoms with Gasteiger partial charge in [-0.05, 0) is 31.3 Å². The van der Waals surface area contributed by atoms with Crippen molar-refractivity contribution in [1.82, 2.24) is 10.6 Å². The third kappa shape index (κ3) is 3.05. The third-order valence-electron chi connectivity index (χ3n) is 2.58. The molecule has 1 saturated heterocycles. The quantitative estimate of drug-likeness (QED) is 0.349. The van der Waals surface area contributed by atoms with Gasteiger partial charge in [0, 0.05) is 5.56 Å². The Bertz CT molecular complexity index is 606. The Hall–Kier alpha value is -2.15. The van der Waals surface area contributed by atoms with Crippen LogP contribution in [0.3, 0.4) is 0 Å². The summed E-state index contributed by atoms with van der Waals surface area (Å²) in [7, 11) is 5.71. The number of amides is 2. The fourth-order valence-electron chi connectivity index (χ4n) is 1.73.